The lowest BCUT2D eigenvalue weighted by Crippen LogP contribution is -2.16. The van der Waals surface area contributed by atoms with Gasteiger partial charge >= 0.3 is 0 Å². The molecule has 1 aromatic rings. The summed E-state index contributed by atoms with van der Waals surface area (Å²) in [6.45, 7) is 3.78. The lowest BCUT2D eigenvalue weighted by atomic mass is 9.90. The summed E-state index contributed by atoms with van der Waals surface area (Å²) in [6, 6.07) is 0. The van der Waals surface area contributed by atoms with Gasteiger partial charge in [-0.05, 0) is 0 Å². The van der Waals surface area contributed by atoms with Gasteiger partial charge in [-0.25, -0.2) is 0 Å². The van der Waals surface area contributed by atoms with E-state index in [0.29, 0.717) is 6.42 Å². The highest BCUT2D eigenvalue weighted by Crippen LogP contribution is 2.17. The molecule has 0 amide bonds. The van der Waals surface area contributed by atoms with Gasteiger partial charge in [0.05, 0.1) is 23.6 Å². The summed E-state index contributed by atoms with van der Waals surface area (Å²) in [4.78, 5) is 10.5. The molecule has 3 nitrogen and oxygen atoms in total. The van der Waals surface area contributed by atoms with Crippen LogP contribution in [0.5, 0.6) is 0 Å². The van der Waals surface area contributed by atoms with E-state index in [0.717, 1.165) is 12.0 Å². The van der Waals surface area contributed by atoms with Crippen LogP contribution in [-0.2, 0) is 11.2 Å². The molecule has 0 fully saturated rings. The number of carbonyl (C=O) groups excluding carboxylic acids is 1. The predicted octanol–water partition coefficient (Wildman–Crippen LogP) is 1.31. The van der Waals surface area contributed by atoms with Crippen molar-refractivity contribution in [1.82, 2.24) is 8.75 Å². The number of hydrogen-bond donors (Lipinski definition) is 0. The zero-order chi connectivity index (χ0) is 8.32. The van der Waals surface area contributed by atoms with Gasteiger partial charge in [-0.15, -0.1) is 0 Å². The van der Waals surface area contributed by atoms with Crippen LogP contribution in [0.2, 0.25) is 0 Å². The molecule has 0 aliphatic rings. The quantitative estimate of drug-likeness (QED) is 0.642. The maximum atomic E-state index is 10.5. The van der Waals surface area contributed by atoms with E-state index in [4.69, 9.17) is 0 Å². The lowest BCUT2D eigenvalue weighted by molar-refractivity contribution is -0.114. The minimum atomic E-state index is -0.310. The van der Waals surface area contributed by atoms with Gasteiger partial charge in [0.25, 0.3) is 0 Å². The summed E-state index contributed by atoms with van der Waals surface area (Å²) in [7, 11) is 0. The Kier molecular flexibility index (Phi) is 2.34. The molecule has 60 valence electrons. The van der Waals surface area contributed by atoms with Gasteiger partial charge in [-0.1, -0.05) is 13.8 Å². The minimum absolute atomic E-state index is 0.310. The second-order valence-electron chi connectivity index (χ2n) is 3.18. The van der Waals surface area contributed by atoms with Crippen molar-refractivity contribution in [2.45, 2.75) is 20.3 Å². The number of rotatable bonds is 3. The van der Waals surface area contributed by atoms with E-state index in [1.165, 1.54) is 11.7 Å². The molecule has 0 aliphatic heterocycles. The highest BCUT2D eigenvalue weighted by atomic mass is 32.1. The van der Waals surface area contributed by atoms with Gasteiger partial charge in [-0.2, -0.15) is 8.75 Å². The summed E-state index contributed by atoms with van der Waals surface area (Å²) in [5, 5.41) is 0. The summed E-state index contributed by atoms with van der Waals surface area (Å²) in [5.41, 5.74) is 0.586. The van der Waals surface area contributed by atoms with Crippen LogP contribution < -0.4 is 0 Å². The number of carbonyl (C=O) groups is 1. The molecular weight excluding hydrogens is 160 g/mol. The third-order valence-corrected chi connectivity index (χ3v) is 1.88. The largest absolute Gasteiger partial charge is 0.303 e. The van der Waals surface area contributed by atoms with Crippen molar-refractivity contribution in [3.8, 4) is 0 Å². The first kappa shape index (κ1) is 8.33. The van der Waals surface area contributed by atoms with Gasteiger partial charge in [-0.3, -0.25) is 0 Å². The molecule has 0 saturated carbocycles. The topological polar surface area (TPSA) is 42.9 Å². The highest BCUT2D eigenvalue weighted by Gasteiger charge is 2.18. The van der Waals surface area contributed by atoms with E-state index < -0.39 is 0 Å². The van der Waals surface area contributed by atoms with Crippen molar-refractivity contribution < 1.29 is 4.79 Å². The maximum absolute atomic E-state index is 10.5. The second-order valence-corrected chi connectivity index (χ2v) is 3.74. The predicted molar refractivity (Wildman–Crippen MR) is 43.5 cm³/mol. The van der Waals surface area contributed by atoms with E-state index in [9.17, 15) is 4.79 Å². The van der Waals surface area contributed by atoms with Gasteiger partial charge in [0, 0.05) is 11.8 Å². The molecule has 0 radical (unpaired) electrons. The number of aromatic nitrogens is 2. The van der Waals surface area contributed by atoms with Crippen molar-refractivity contribution in [3.63, 3.8) is 0 Å². The SMILES string of the molecule is CC(C)(C=O)Cc1cnsn1. The van der Waals surface area contributed by atoms with Crippen LogP contribution >= 0.6 is 11.7 Å². The van der Waals surface area contributed by atoms with Crippen molar-refractivity contribution in [1.29, 1.82) is 0 Å². The van der Waals surface area contributed by atoms with Gasteiger partial charge in [0.2, 0.25) is 0 Å². The van der Waals surface area contributed by atoms with Gasteiger partial charge < -0.3 is 4.79 Å². The normalized spacial score (nSPS) is 11.5. The standard InChI is InChI=1S/C7H10N2OS/c1-7(2,5-10)3-6-4-8-11-9-6/h4-5H,3H2,1-2H3. The maximum Gasteiger partial charge on any atom is 0.125 e. The molecule has 11 heavy (non-hydrogen) atoms. The van der Waals surface area contributed by atoms with Crippen molar-refractivity contribution in [2.75, 3.05) is 0 Å². The van der Waals surface area contributed by atoms with Crippen LogP contribution in [0, 0.1) is 5.41 Å². The van der Waals surface area contributed by atoms with Crippen LogP contribution in [0.4, 0.5) is 0 Å². The fourth-order valence-corrected chi connectivity index (χ4v) is 1.20. The van der Waals surface area contributed by atoms with Crippen molar-refractivity contribution in [3.05, 3.63) is 11.9 Å². The number of hydrogen-bond acceptors (Lipinski definition) is 4. The number of nitrogens with zero attached hydrogens (tertiary/aromatic N) is 2. The third kappa shape index (κ3) is 2.38. The fourth-order valence-electron chi connectivity index (χ4n) is 0.770. The van der Waals surface area contributed by atoms with E-state index in [-0.39, 0.29) is 5.41 Å². The zero-order valence-corrected chi connectivity index (χ0v) is 7.39. The first-order valence-corrected chi connectivity index (χ1v) is 4.10. The molecule has 1 rings (SSSR count). The molecule has 1 aromatic heterocycles. The average Bonchev–Trinajstić information content (AvgIpc) is 2.39. The monoisotopic (exact) mass is 170 g/mol. The molecule has 0 unspecified atom stereocenters. The molecule has 0 atom stereocenters. The van der Waals surface area contributed by atoms with Crippen molar-refractivity contribution >= 4 is 18.0 Å². The average molecular weight is 170 g/mol. The fraction of sp³-hybridized carbons (Fsp3) is 0.571. The molecular formula is C7H10N2OS. The summed E-state index contributed by atoms with van der Waals surface area (Å²) in [6.07, 6.45) is 3.33. The summed E-state index contributed by atoms with van der Waals surface area (Å²) < 4.78 is 7.88. The Labute approximate surface area is 69.8 Å². The third-order valence-electron chi connectivity index (χ3n) is 1.36. The van der Waals surface area contributed by atoms with Gasteiger partial charge in [0.1, 0.15) is 6.29 Å². The summed E-state index contributed by atoms with van der Waals surface area (Å²) >= 11 is 1.17. The van der Waals surface area contributed by atoms with E-state index in [1.807, 2.05) is 13.8 Å². The smallest absolute Gasteiger partial charge is 0.125 e. The minimum Gasteiger partial charge on any atom is -0.303 e. The van der Waals surface area contributed by atoms with Crippen LogP contribution in [0.3, 0.4) is 0 Å². The van der Waals surface area contributed by atoms with Gasteiger partial charge in [0.15, 0.2) is 0 Å². The van der Waals surface area contributed by atoms with E-state index in [1.54, 1.807) is 6.20 Å². The molecule has 0 spiro atoms. The molecule has 0 N–H and O–H groups in total. The Morgan fingerprint density at radius 2 is 2.45 bits per heavy atom. The second kappa shape index (κ2) is 3.09. The Morgan fingerprint density at radius 1 is 1.73 bits per heavy atom. The lowest BCUT2D eigenvalue weighted by Gasteiger charge is -2.13. The van der Waals surface area contributed by atoms with E-state index in [2.05, 4.69) is 8.75 Å². The van der Waals surface area contributed by atoms with Crippen molar-refractivity contribution in [2.24, 2.45) is 5.41 Å². The first-order chi connectivity index (χ1) is 5.14. The molecule has 0 aromatic carbocycles. The zero-order valence-electron chi connectivity index (χ0n) is 6.57. The summed E-state index contributed by atoms with van der Waals surface area (Å²) in [5.74, 6) is 0. The number of aldehydes is 1. The Bertz CT molecular complexity index is 231. The van der Waals surface area contributed by atoms with Crippen LogP contribution in [-0.4, -0.2) is 15.0 Å². The Hall–Kier alpha value is -0.770. The molecule has 1 heterocycles. The molecule has 4 heteroatoms. The first-order valence-electron chi connectivity index (χ1n) is 3.37. The molecule has 0 bridgehead atoms. The van der Waals surface area contributed by atoms with Crippen LogP contribution in [0.1, 0.15) is 19.5 Å². The highest BCUT2D eigenvalue weighted by molar-refractivity contribution is 6.99. The molecule has 0 saturated heterocycles. The Morgan fingerprint density at radius 3 is 2.91 bits per heavy atom. The van der Waals surface area contributed by atoms with E-state index >= 15 is 0 Å². The van der Waals surface area contributed by atoms with Crippen LogP contribution in [0.15, 0.2) is 6.20 Å². The molecule has 0 aliphatic carbocycles. The van der Waals surface area contributed by atoms with Crippen LogP contribution in [0.25, 0.3) is 0 Å². The Balaban J connectivity index is 2.63.